The number of nitrogens with one attached hydrogen (secondary N) is 3. The average molecular weight is 522 g/mol. The van der Waals surface area contributed by atoms with E-state index >= 15 is 0 Å². The minimum Gasteiger partial charge on any atom is -0.392 e. The molecular weight excluding hydrogens is 474 g/mol. The van der Waals surface area contributed by atoms with Gasteiger partial charge in [-0.1, -0.05) is 101 Å². The molecule has 1 aliphatic rings. The van der Waals surface area contributed by atoms with E-state index in [4.69, 9.17) is 0 Å². The molecule has 3 rings (SSSR count). The van der Waals surface area contributed by atoms with Crippen LogP contribution in [0.25, 0.3) is 11.1 Å². The molecule has 6 heteroatoms. The van der Waals surface area contributed by atoms with Crippen LogP contribution in [0, 0.1) is 0 Å². The molecular formula is C32H47N3O3. The number of carbonyl (C=O) groups excluding carboxylic acids is 2. The van der Waals surface area contributed by atoms with Crippen LogP contribution < -0.4 is 16.0 Å². The first-order valence-electron chi connectivity index (χ1n) is 14.7. The molecule has 0 radical (unpaired) electrons. The summed E-state index contributed by atoms with van der Waals surface area (Å²) in [6, 6.07) is 12.9. The standard InChI is InChI=1S/C32H47N3O3/c1-4-5-6-7-8-9-10-11-12-13-17-25(36)22-33-24(3)32(38)35-29-21-16-20-28-30(29)27-19-15-14-18-26(27)23(2)31(37)34-28/h14-16,18-21,23-25,33,36H,4-13,17,22H2,1-3H3,(H,34,37)(H,35,38)/t23?,24-,25+/m0/s1. The fourth-order valence-corrected chi connectivity index (χ4v) is 5.15. The summed E-state index contributed by atoms with van der Waals surface area (Å²) in [7, 11) is 0. The molecule has 3 atom stereocenters. The summed E-state index contributed by atoms with van der Waals surface area (Å²) in [6.45, 7) is 6.34. The summed E-state index contributed by atoms with van der Waals surface area (Å²) in [6.07, 6.45) is 13.0. The third-order valence-electron chi connectivity index (χ3n) is 7.61. The molecule has 0 saturated heterocycles. The number of carbonyl (C=O) groups is 2. The zero-order chi connectivity index (χ0) is 27.3. The molecule has 1 aliphatic heterocycles. The molecule has 0 aromatic heterocycles. The first kappa shape index (κ1) is 29.9. The Bertz CT molecular complexity index is 1040. The van der Waals surface area contributed by atoms with Crippen LogP contribution in [0.2, 0.25) is 0 Å². The van der Waals surface area contributed by atoms with Gasteiger partial charge in [-0.05, 0) is 43.5 Å². The lowest BCUT2D eigenvalue weighted by atomic mass is 9.91. The second-order valence-corrected chi connectivity index (χ2v) is 10.8. The number of hydrogen-bond donors (Lipinski definition) is 4. The zero-order valence-corrected chi connectivity index (χ0v) is 23.5. The number of amides is 2. The fourth-order valence-electron chi connectivity index (χ4n) is 5.15. The highest BCUT2D eigenvalue weighted by atomic mass is 16.3. The minimum atomic E-state index is -0.470. The quantitative estimate of drug-likeness (QED) is 0.179. The van der Waals surface area contributed by atoms with Crippen LogP contribution in [0.5, 0.6) is 0 Å². The van der Waals surface area contributed by atoms with E-state index in [0.29, 0.717) is 17.9 Å². The van der Waals surface area contributed by atoms with Crippen molar-refractivity contribution in [1.29, 1.82) is 0 Å². The normalized spacial score (nSPS) is 16.1. The number of rotatable bonds is 16. The van der Waals surface area contributed by atoms with Crippen LogP contribution in [-0.2, 0) is 9.59 Å². The maximum atomic E-state index is 13.0. The largest absolute Gasteiger partial charge is 0.392 e. The average Bonchev–Trinajstić information content (AvgIpc) is 3.02. The lowest BCUT2D eigenvalue weighted by molar-refractivity contribution is -0.118. The Morgan fingerprint density at radius 2 is 1.61 bits per heavy atom. The van der Waals surface area contributed by atoms with Crippen molar-refractivity contribution in [2.24, 2.45) is 0 Å². The van der Waals surface area contributed by atoms with E-state index in [1.165, 1.54) is 51.4 Å². The van der Waals surface area contributed by atoms with Gasteiger partial charge in [-0.15, -0.1) is 0 Å². The first-order chi connectivity index (χ1) is 18.4. The zero-order valence-electron chi connectivity index (χ0n) is 23.5. The van der Waals surface area contributed by atoms with Crippen molar-refractivity contribution in [3.05, 3.63) is 48.0 Å². The van der Waals surface area contributed by atoms with Crippen molar-refractivity contribution in [2.75, 3.05) is 17.2 Å². The van der Waals surface area contributed by atoms with Gasteiger partial charge in [0.15, 0.2) is 0 Å². The summed E-state index contributed by atoms with van der Waals surface area (Å²) >= 11 is 0. The number of fused-ring (bicyclic) bond motifs is 3. The van der Waals surface area contributed by atoms with Crippen molar-refractivity contribution in [1.82, 2.24) is 5.32 Å². The third kappa shape index (κ3) is 8.67. The van der Waals surface area contributed by atoms with Gasteiger partial charge in [0, 0.05) is 12.1 Å². The van der Waals surface area contributed by atoms with Gasteiger partial charge in [-0.3, -0.25) is 9.59 Å². The Labute approximate surface area is 229 Å². The highest BCUT2D eigenvalue weighted by Crippen LogP contribution is 2.42. The van der Waals surface area contributed by atoms with Crippen molar-refractivity contribution in [2.45, 2.75) is 109 Å². The van der Waals surface area contributed by atoms with Crippen LogP contribution in [0.3, 0.4) is 0 Å². The predicted octanol–water partition coefficient (Wildman–Crippen LogP) is 7.00. The third-order valence-corrected chi connectivity index (χ3v) is 7.61. The van der Waals surface area contributed by atoms with Crippen LogP contribution in [0.4, 0.5) is 11.4 Å². The highest BCUT2D eigenvalue weighted by Gasteiger charge is 2.27. The monoisotopic (exact) mass is 521 g/mol. The summed E-state index contributed by atoms with van der Waals surface area (Å²) in [5.74, 6) is -0.531. The van der Waals surface area contributed by atoms with Crippen molar-refractivity contribution >= 4 is 23.2 Å². The molecule has 0 aliphatic carbocycles. The molecule has 0 saturated carbocycles. The molecule has 4 N–H and O–H groups in total. The van der Waals surface area contributed by atoms with E-state index in [1.54, 1.807) is 0 Å². The topological polar surface area (TPSA) is 90.5 Å². The van der Waals surface area contributed by atoms with Crippen molar-refractivity contribution < 1.29 is 14.7 Å². The van der Waals surface area contributed by atoms with Gasteiger partial charge in [0.05, 0.1) is 29.4 Å². The molecule has 0 fully saturated rings. The van der Waals surface area contributed by atoms with Crippen LogP contribution in [-0.4, -0.2) is 35.6 Å². The van der Waals surface area contributed by atoms with Gasteiger partial charge in [0.2, 0.25) is 11.8 Å². The molecule has 1 unspecified atom stereocenters. The molecule has 6 nitrogen and oxygen atoms in total. The van der Waals surface area contributed by atoms with Gasteiger partial charge >= 0.3 is 0 Å². The minimum absolute atomic E-state index is 0.0638. The molecule has 0 spiro atoms. The Balaban J connectivity index is 1.45. The van der Waals surface area contributed by atoms with E-state index in [2.05, 4.69) is 22.9 Å². The SMILES string of the molecule is CCCCCCCCCCCC[C@@H](O)CN[C@@H](C)C(=O)Nc1cccc2c1-c1ccccc1C(C)C(=O)N2. The molecule has 0 bridgehead atoms. The van der Waals surface area contributed by atoms with E-state index in [9.17, 15) is 14.7 Å². The summed E-state index contributed by atoms with van der Waals surface area (Å²) in [5, 5.41) is 19.6. The van der Waals surface area contributed by atoms with Crippen LogP contribution in [0.15, 0.2) is 42.5 Å². The molecule has 1 heterocycles. The second kappa shape index (κ2) is 15.6. The number of benzene rings is 2. The molecule has 208 valence electrons. The number of aliphatic hydroxyl groups excluding tert-OH is 1. The van der Waals surface area contributed by atoms with E-state index in [-0.39, 0.29) is 17.7 Å². The number of anilines is 2. The Morgan fingerprint density at radius 1 is 0.947 bits per heavy atom. The Kier molecular flexibility index (Phi) is 12.3. The summed E-state index contributed by atoms with van der Waals surface area (Å²) in [5.41, 5.74) is 4.05. The summed E-state index contributed by atoms with van der Waals surface area (Å²) in [4.78, 5) is 25.7. The number of unbranched alkanes of at least 4 members (excludes halogenated alkanes) is 9. The molecule has 2 aromatic rings. The van der Waals surface area contributed by atoms with Crippen LogP contribution in [0.1, 0.15) is 103 Å². The van der Waals surface area contributed by atoms with Gasteiger partial charge in [0.25, 0.3) is 0 Å². The Morgan fingerprint density at radius 3 is 2.32 bits per heavy atom. The van der Waals surface area contributed by atoms with E-state index in [1.807, 2.05) is 56.3 Å². The Hall–Kier alpha value is -2.70. The second-order valence-electron chi connectivity index (χ2n) is 10.8. The van der Waals surface area contributed by atoms with Crippen molar-refractivity contribution in [3.8, 4) is 11.1 Å². The van der Waals surface area contributed by atoms with E-state index < -0.39 is 12.1 Å². The lowest BCUT2D eigenvalue weighted by Gasteiger charge is -2.19. The summed E-state index contributed by atoms with van der Waals surface area (Å²) < 4.78 is 0. The van der Waals surface area contributed by atoms with Gasteiger partial charge in [-0.2, -0.15) is 0 Å². The number of hydrogen-bond acceptors (Lipinski definition) is 4. The van der Waals surface area contributed by atoms with Crippen LogP contribution >= 0.6 is 0 Å². The van der Waals surface area contributed by atoms with Gasteiger partial charge < -0.3 is 21.1 Å². The molecule has 2 aromatic carbocycles. The number of aliphatic hydroxyl groups is 1. The smallest absolute Gasteiger partial charge is 0.241 e. The fraction of sp³-hybridized carbons (Fsp3) is 0.562. The molecule has 38 heavy (non-hydrogen) atoms. The van der Waals surface area contributed by atoms with Gasteiger partial charge in [-0.25, -0.2) is 0 Å². The first-order valence-corrected chi connectivity index (χ1v) is 14.7. The van der Waals surface area contributed by atoms with Crippen molar-refractivity contribution in [3.63, 3.8) is 0 Å². The van der Waals surface area contributed by atoms with Gasteiger partial charge in [0.1, 0.15) is 0 Å². The maximum absolute atomic E-state index is 13.0. The highest BCUT2D eigenvalue weighted by molar-refractivity contribution is 6.08. The molecule has 2 amide bonds. The lowest BCUT2D eigenvalue weighted by Crippen LogP contribution is -2.41. The predicted molar refractivity (Wildman–Crippen MR) is 157 cm³/mol. The maximum Gasteiger partial charge on any atom is 0.241 e. The van der Waals surface area contributed by atoms with E-state index in [0.717, 1.165) is 36.0 Å².